The number of nitrogens with zero attached hydrogens (tertiary/aromatic N) is 4. The highest BCUT2D eigenvalue weighted by molar-refractivity contribution is 5.35. The molecule has 0 spiro atoms. The second-order valence-corrected chi connectivity index (χ2v) is 6.56. The highest BCUT2D eigenvalue weighted by Gasteiger charge is 2.44. The predicted octanol–water partition coefficient (Wildman–Crippen LogP) is 1.62. The molecule has 4 nitrogen and oxygen atoms in total. The van der Waals surface area contributed by atoms with Crippen molar-refractivity contribution in [2.24, 2.45) is 11.8 Å². The molecule has 0 bridgehead atoms. The van der Waals surface area contributed by atoms with Gasteiger partial charge in [-0.25, -0.2) is 9.97 Å². The van der Waals surface area contributed by atoms with Crippen LogP contribution < -0.4 is 4.90 Å². The van der Waals surface area contributed by atoms with Crippen LogP contribution in [0.5, 0.6) is 0 Å². The second kappa shape index (κ2) is 4.17. The molecule has 3 aliphatic rings. The SMILES string of the molecule is Cc1cc(C)nc(N2CC3CN(C4CC4)CC3C2)n1. The van der Waals surface area contributed by atoms with E-state index in [-0.39, 0.29) is 0 Å². The molecule has 1 aromatic heterocycles. The monoisotopic (exact) mass is 258 g/mol. The van der Waals surface area contributed by atoms with Crippen molar-refractivity contribution >= 4 is 5.95 Å². The van der Waals surface area contributed by atoms with Crippen molar-refractivity contribution in [3.05, 3.63) is 17.5 Å². The van der Waals surface area contributed by atoms with E-state index in [2.05, 4.69) is 39.7 Å². The first-order chi connectivity index (χ1) is 9.19. The minimum atomic E-state index is 0.838. The van der Waals surface area contributed by atoms with Crippen molar-refractivity contribution in [1.82, 2.24) is 14.9 Å². The Hall–Kier alpha value is -1.16. The van der Waals surface area contributed by atoms with Crippen LogP contribution in [0.2, 0.25) is 0 Å². The van der Waals surface area contributed by atoms with Gasteiger partial charge in [0.05, 0.1) is 0 Å². The summed E-state index contributed by atoms with van der Waals surface area (Å²) in [6.07, 6.45) is 2.87. The molecule has 2 atom stereocenters. The minimum Gasteiger partial charge on any atom is -0.340 e. The van der Waals surface area contributed by atoms with Crippen LogP contribution in [0.4, 0.5) is 5.95 Å². The lowest BCUT2D eigenvalue weighted by Gasteiger charge is -2.21. The van der Waals surface area contributed by atoms with Crippen LogP contribution in [0.3, 0.4) is 0 Å². The maximum atomic E-state index is 4.61. The van der Waals surface area contributed by atoms with Gasteiger partial charge in [0.25, 0.3) is 0 Å². The van der Waals surface area contributed by atoms with Gasteiger partial charge in [-0.2, -0.15) is 0 Å². The molecule has 2 aliphatic heterocycles. The van der Waals surface area contributed by atoms with Crippen molar-refractivity contribution in [2.45, 2.75) is 32.7 Å². The van der Waals surface area contributed by atoms with Gasteiger partial charge in [0.2, 0.25) is 5.95 Å². The Kier molecular flexibility index (Phi) is 2.56. The summed E-state index contributed by atoms with van der Waals surface area (Å²) >= 11 is 0. The molecule has 0 aromatic carbocycles. The molecule has 4 rings (SSSR count). The summed E-state index contributed by atoms with van der Waals surface area (Å²) in [6.45, 7) is 9.02. The van der Waals surface area contributed by atoms with Crippen LogP contribution in [-0.4, -0.2) is 47.1 Å². The Balaban J connectivity index is 1.48. The minimum absolute atomic E-state index is 0.838. The van der Waals surface area contributed by atoms with Gasteiger partial charge in [-0.1, -0.05) is 0 Å². The zero-order valence-corrected chi connectivity index (χ0v) is 11.8. The predicted molar refractivity (Wildman–Crippen MR) is 75.3 cm³/mol. The van der Waals surface area contributed by atoms with E-state index in [1.807, 2.05) is 0 Å². The normalized spacial score (nSPS) is 30.9. The average Bonchev–Trinajstić information content (AvgIpc) is 2.99. The lowest BCUT2D eigenvalue weighted by atomic mass is 10.0. The Morgan fingerprint density at radius 3 is 2.05 bits per heavy atom. The van der Waals surface area contributed by atoms with Crippen molar-refractivity contribution in [3.8, 4) is 0 Å². The molecule has 3 heterocycles. The van der Waals surface area contributed by atoms with E-state index in [0.717, 1.165) is 48.3 Å². The molecule has 0 radical (unpaired) electrons. The molecule has 2 saturated heterocycles. The highest BCUT2D eigenvalue weighted by Crippen LogP contribution is 2.38. The smallest absolute Gasteiger partial charge is 0.225 e. The van der Waals surface area contributed by atoms with E-state index in [1.165, 1.54) is 25.9 Å². The number of likely N-dealkylation sites (tertiary alicyclic amines) is 1. The summed E-state index contributed by atoms with van der Waals surface area (Å²) in [7, 11) is 0. The maximum Gasteiger partial charge on any atom is 0.225 e. The van der Waals surface area contributed by atoms with Crippen molar-refractivity contribution in [3.63, 3.8) is 0 Å². The number of rotatable bonds is 2. The molecule has 4 heteroatoms. The zero-order chi connectivity index (χ0) is 13.0. The molecule has 19 heavy (non-hydrogen) atoms. The molecule has 1 aromatic rings. The van der Waals surface area contributed by atoms with Crippen LogP contribution in [-0.2, 0) is 0 Å². The zero-order valence-electron chi connectivity index (χ0n) is 11.8. The molecule has 0 amide bonds. The summed E-state index contributed by atoms with van der Waals surface area (Å²) < 4.78 is 0. The summed E-state index contributed by atoms with van der Waals surface area (Å²) in [4.78, 5) is 14.3. The largest absolute Gasteiger partial charge is 0.340 e. The third-order valence-electron chi connectivity index (χ3n) is 4.83. The molecule has 1 aliphatic carbocycles. The van der Waals surface area contributed by atoms with Crippen LogP contribution >= 0.6 is 0 Å². The number of hydrogen-bond acceptors (Lipinski definition) is 4. The Morgan fingerprint density at radius 2 is 1.53 bits per heavy atom. The summed E-state index contributed by atoms with van der Waals surface area (Å²) in [6, 6.07) is 2.98. The van der Waals surface area contributed by atoms with Crippen LogP contribution in [0.15, 0.2) is 6.07 Å². The highest BCUT2D eigenvalue weighted by atomic mass is 15.3. The quantitative estimate of drug-likeness (QED) is 0.807. The van der Waals surface area contributed by atoms with Crippen LogP contribution in [0, 0.1) is 25.7 Å². The maximum absolute atomic E-state index is 4.61. The lowest BCUT2D eigenvalue weighted by Crippen LogP contribution is -2.31. The second-order valence-electron chi connectivity index (χ2n) is 6.56. The van der Waals surface area contributed by atoms with E-state index < -0.39 is 0 Å². The summed E-state index contributed by atoms with van der Waals surface area (Å²) in [5.41, 5.74) is 2.17. The van der Waals surface area contributed by atoms with Gasteiger partial charge in [-0.05, 0) is 44.6 Å². The third kappa shape index (κ3) is 2.12. The van der Waals surface area contributed by atoms with Gasteiger partial charge >= 0.3 is 0 Å². The Labute approximate surface area is 114 Å². The molecule has 3 fully saturated rings. The van der Waals surface area contributed by atoms with Crippen molar-refractivity contribution in [2.75, 3.05) is 31.1 Å². The lowest BCUT2D eigenvalue weighted by molar-refractivity contribution is 0.306. The first-order valence-electron chi connectivity index (χ1n) is 7.50. The van der Waals surface area contributed by atoms with Gasteiger partial charge in [0, 0.05) is 43.6 Å². The molecule has 1 saturated carbocycles. The number of aryl methyl sites for hydroxylation is 2. The standard InChI is InChI=1S/C15H22N4/c1-10-5-11(2)17-15(16-10)19-8-12-6-18(14-3-4-14)7-13(12)9-19/h5,12-14H,3-4,6-9H2,1-2H3. The van der Waals surface area contributed by atoms with Crippen molar-refractivity contribution in [1.29, 1.82) is 0 Å². The van der Waals surface area contributed by atoms with E-state index in [1.54, 1.807) is 0 Å². The van der Waals surface area contributed by atoms with Gasteiger partial charge in [0.1, 0.15) is 0 Å². The van der Waals surface area contributed by atoms with Gasteiger partial charge in [-0.3, -0.25) is 4.90 Å². The van der Waals surface area contributed by atoms with Crippen LogP contribution in [0.1, 0.15) is 24.2 Å². The fourth-order valence-corrected chi connectivity index (χ4v) is 3.78. The van der Waals surface area contributed by atoms with Gasteiger partial charge in [-0.15, -0.1) is 0 Å². The van der Waals surface area contributed by atoms with E-state index in [4.69, 9.17) is 0 Å². The Bertz CT molecular complexity index is 463. The number of fused-ring (bicyclic) bond motifs is 1. The summed E-state index contributed by atoms with van der Waals surface area (Å²) in [5, 5.41) is 0. The third-order valence-corrected chi connectivity index (χ3v) is 4.83. The fourth-order valence-electron chi connectivity index (χ4n) is 3.78. The van der Waals surface area contributed by atoms with Gasteiger partial charge in [0.15, 0.2) is 0 Å². The molecule has 2 unspecified atom stereocenters. The Morgan fingerprint density at radius 1 is 0.947 bits per heavy atom. The van der Waals surface area contributed by atoms with E-state index in [0.29, 0.717) is 0 Å². The van der Waals surface area contributed by atoms with Gasteiger partial charge < -0.3 is 4.90 Å². The van der Waals surface area contributed by atoms with Crippen molar-refractivity contribution < 1.29 is 0 Å². The van der Waals surface area contributed by atoms with E-state index in [9.17, 15) is 0 Å². The summed E-state index contributed by atoms with van der Waals surface area (Å²) in [5.74, 6) is 2.62. The first kappa shape index (κ1) is 11.6. The number of anilines is 1. The average molecular weight is 258 g/mol. The molecule has 0 N–H and O–H groups in total. The molecule has 102 valence electrons. The number of aromatic nitrogens is 2. The molecular formula is C15H22N4. The number of hydrogen-bond donors (Lipinski definition) is 0. The molecular weight excluding hydrogens is 236 g/mol. The fraction of sp³-hybridized carbons (Fsp3) is 0.733. The van der Waals surface area contributed by atoms with E-state index >= 15 is 0 Å². The first-order valence-corrected chi connectivity index (χ1v) is 7.50. The topological polar surface area (TPSA) is 32.3 Å². The van der Waals surface area contributed by atoms with Crippen LogP contribution in [0.25, 0.3) is 0 Å².